The predicted molar refractivity (Wildman–Crippen MR) is 49.9 cm³/mol. The van der Waals surface area contributed by atoms with E-state index in [4.69, 9.17) is 5.73 Å². The Labute approximate surface area is 71.2 Å². The van der Waals surface area contributed by atoms with Gasteiger partial charge in [-0.15, -0.1) is 11.8 Å². The van der Waals surface area contributed by atoms with Gasteiger partial charge in [0.1, 0.15) is 0 Å². The maximum Gasteiger partial charge on any atom is 0.0668 e. The quantitative estimate of drug-likeness (QED) is 0.652. The van der Waals surface area contributed by atoms with Crippen LogP contribution in [0.5, 0.6) is 0 Å². The summed E-state index contributed by atoms with van der Waals surface area (Å²) in [6.07, 6.45) is 2.02. The molecule has 0 saturated carbocycles. The number of nitrogens with two attached hydrogens (primary N) is 1. The standard InChI is InChI=1S/C8H12N2S/c1-5-4-7(11-3)8(9)6(2)10-5/h4H,9H2,1-3H3. The first-order valence-corrected chi connectivity index (χ1v) is 4.65. The maximum atomic E-state index is 5.78. The first-order chi connectivity index (χ1) is 5.15. The number of rotatable bonds is 1. The second-order valence-corrected chi connectivity index (χ2v) is 3.31. The van der Waals surface area contributed by atoms with E-state index in [1.807, 2.05) is 26.2 Å². The van der Waals surface area contributed by atoms with Crippen molar-refractivity contribution in [1.29, 1.82) is 0 Å². The summed E-state index contributed by atoms with van der Waals surface area (Å²) in [6, 6.07) is 2.01. The van der Waals surface area contributed by atoms with Crippen molar-refractivity contribution in [2.45, 2.75) is 18.7 Å². The molecule has 0 unspecified atom stereocenters. The summed E-state index contributed by atoms with van der Waals surface area (Å²) in [6.45, 7) is 3.91. The van der Waals surface area contributed by atoms with Gasteiger partial charge in [0, 0.05) is 10.6 Å². The molecule has 0 bridgehead atoms. The van der Waals surface area contributed by atoms with Crippen LogP contribution in [0.4, 0.5) is 5.69 Å². The summed E-state index contributed by atoms with van der Waals surface area (Å²) in [5.41, 5.74) is 8.54. The van der Waals surface area contributed by atoms with Gasteiger partial charge >= 0.3 is 0 Å². The van der Waals surface area contributed by atoms with Gasteiger partial charge in [-0.05, 0) is 26.2 Å². The van der Waals surface area contributed by atoms with Gasteiger partial charge in [-0.3, -0.25) is 4.98 Å². The number of nitrogens with zero attached hydrogens (tertiary/aromatic N) is 1. The molecule has 0 atom stereocenters. The van der Waals surface area contributed by atoms with Crippen LogP contribution in [0.1, 0.15) is 11.4 Å². The normalized spacial score (nSPS) is 10.1. The van der Waals surface area contributed by atoms with E-state index in [0.717, 1.165) is 22.0 Å². The predicted octanol–water partition coefficient (Wildman–Crippen LogP) is 2.00. The summed E-state index contributed by atoms with van der Waals surface area (Å²) in [7, 11) is 0. The minimum Gasteiger partial charge on any atom is -0.396 e. The third kappa shape index (κ3) is 1.66. The highest BCUT2D eigenvalue weighted by atomic mass is 32.2. The fraction of sp³-hybridized carbons (Fsp3) is 0.375. The molecule has 0 spiro atoms. The zero-order valence-electron chi connectivity index (χ0n) is 7.01. The number of pyridine rings is 1. The largest absolute Gasteiger partial charge is 0.396 e. The summed E-state index contributed by atoms with van der Waals surface area (Å²) < 4.78 is 0. The Morgan fingerprint density at radius 1 is 1.45 bits per heavy atom. The highest BCUT2D eigenvalue weighted by molar-refractivity contribution is 7.98. The van der Waals surface area contributed by atoms with Crippen molar-refractivity contribution in [2.75, 3.05) is 12.0 Å². The van der Waals surface area contributed by atoms with Crippen LogP contribution in [-0.2, 0) is 0 Å². The highest BCUT2D eigenvalue weighted by Gasteiger charge is 2.02. The Morgan fingerprint density at radius 3 is 2.64 bits per heavy atom. The second kappa shape index (κ2) is 3.13. The van der Waals surface area contributed by atoms with Crippen LogP contribution in [0.3, 0.4) is 0 Å². The first-order valence-electron chi connectivity index (χ1n) is 3.43. The first kappa shape index (κ1) is 8.40. The molecule has 0 amide bonds. The number of aromatic nitrogens is 1. The molecule has 1 heterocycles. The Balaban J connectivity index is 3.24. The van der Waals surface area contributed by atoms with E-state index in [1.54, 1.807) is 11.8 Å². The molecule has 2 N–H and O–H groups in total. The molecule has 1 aromatic heterocycles. The molecule has 0 radical (unpaired) electrons. The Hall–Kier alpha value is -0.700. The fourth-order valence-electron chi connectivity index (χ4n) is 0.972. The maximum absolute atomic E-state index is 5.78. The van der Waals surface area contributed by atoms with E-state index in [1.165, 1.54) is 0 Å². The van der Waals surface area contributed by atoms with Crippen molar-refractivity contribution in [3.8, 4) is 0 Å². The van der Waals surface area contributed by atoms with Crippen LogP contribution < -0.4 is 5.73 Å². The van der Waals surface area contributed by atoms with Crippen molar-refractivity contribution in [3.63, 3.8) is 0 Å². The summed E-state index contributed by atoms with van der Waals surface area (Å²) in [5, 5.41) is 0. The molecule has 0 aromatic carbocycles. The van der Waals surface area contributed by atoms with Crippen LogP contribution in [0.2, 0.25) is 0 Å². The molecule has 0 fully saturated rings. The molecule has 0 aliphatic carbocycles. The number of hydrogen-bond donors (Lipinski definition) is 1. The number of aryl methyl sites for hydroxylation is 2. The average Bonchev–Trinajstić information content (AvgIpc) is 1.96. The number of hydrogen-bond acceptors (Lipinski definition) is 3. The van der Waals surface area contributed by atoms with Crippen LogP contribution in [0.25, 0.3) is 0 Å². The molecule has 1 rings (SSSR count). The van der Waals surface area contributed by atoms with Gasteiger partial charge in [-0.25, -0.2) is 0 Å². The molecule has 2 nitrogen and oxygen atoms in total. The van der Waals surface area contributed by atoms with Crippen molar-refractivity contribution in [2.24, 2.45) is 0 Å². The average molecular weight is 168 g/mol. The lowest BCUT2D eigenvalue weighted by atomic mass is 10.3. The SMILES string of the molecule is CSc1cc(C)nc(C)c1N. The minimum atomic E-state index is 0.808. The fourth-order valence-corrected chi connectivity index (χ4v) is 1.63. The van der Waals surface area contributed by atoms with Crippen molar-refractivity contribution in [1.82, 2.24) is 4.98 Å². The van der Waals surface area contributed by atoms with Gasteiger partial charge in [-0.1, -0.05) is 0 Å². The van der Waals surface area contributed by atoms with Crippen LogP contribution in [0.15, 0.2) is 11.0 Å². The lowest BCUT2D eigenvalue weighted by Crippen LogP contribution is -1.96. The van der Waals surface area contributed by atoms with E-state index in [0.29, 0.717) is 0 Å². The van der Waals surface area contributed by atoms with Gasteiger partial charge in [0.25, 0.3) is 0 Å². The van der Waals surface area contributed by atoms with Crippen LogP contribution >= 0.6 is 11.8 Å². The van der Waals surface area contributed by atoms with Crippen molar-refractivity contribution in [3.05, 3.63) is 17.5 Å². The monoisotopic (exact) mass is 168 g/mol. The zero-order valence-corrected chi connectivity index (χ0v) is 7.83. The summed E-state index contributed by atoms with van der Waals surface area (Å²) in [5.74, 6) is 0. The van der Waals surface area contributed by atoms with Gasteiger partial charge in [0.15, 0.2) is 0 Å². The minimum absolute atomic E-state index is 0.808. The zero-order chi connectivity index (χ0) is 8.43. The summed E-state index contributed by atoms with van der Waals surface area (Å²) >= 11 is 1.66. The van der Waals surface area contributed by atoms with E-state index < -0.39 is 0 Å². The van der Waals surface area contributed by atoms with E-state index >= 15 is 0 Å². The van der Waals surface area contributed by atoms with Crippen molar-refractivity contribution >= 4 is 17.4 Å². The van der Waals surface area contributed by atoms with Crippen molar-refractivity contribution < 1.29 is 0 Å². The third-order valence-corrected chi connectivity index (χ3v) is 2.34. The Kier molecular flexibility index (Phi) is 2.39. The smallest absolute Gasteiger partial charge is 0.0668 e. The van der Waals surface area contributed by atoms with Crippen LogP contribution in [-0.4, -0.2) is 11.2 Å². The second-order valence-electron chi connectivity index (χ2n) is 2.46. The molecule has 0 saturated heterocycles. The molecule has 0 aliphatic heterocycles. The molecular formula is C8H12N2S. The number of thioether (sulfide) groups is 1. The molecule has 60 valence electrons. The van der Waals surface area contributed by atoms with E-state index in [9.17, 15) is 0 Å². The van der Waals surface area contributed by atoms with E-state index in [2.05, 4.69) is 4.98 Å². The number of nitrogen functional groups attached to an aromatic ring is 1. The van der Waals surface area contributed by atoms with Gasteiger partial charge in [-0.2, -0.15) is 0 Å². The molecular weight excluding hydrogens is 156 g/mol. The third-order valence-electron chi connectivity index (χ3n) is 1.56. The van der Waals surface area contributed by atoms with E-state index in [-0.39, 0.29) is 0 Å². The van der Waals surface area contributed by atoms with Gasteiger partial charge < -0.3 is 5.73 Å². The summed E-state index contributed by atoms with van der Waals surface area (Å²) in [4.78, 5) is 5.36. The topological polar surface area (TPSA) is 38.9 Å². The molecule has 11 heavy (non-hydrogen) atoms. The molecule has 3 heteroatoms. The van der Waals surface area contributed by atoms with Gasteiger partial charge in [0.05, 0.1) is 11.4 Å². The highest BCUT2D eigenvalue weighted by Crippen LogP contribution is 2.24. The Morgan fingerprint density at radius 2 is 2.09 bits per heavy atom. The van der Waals surface area contributed by atoms with Crippen LogP contribution in [0, 0.1) is 13.8 Å². The lowest BCUT2D eigenvalue weighted by molar-refractivity contribution is 1.09. The number of anilines is 1. The van der Waals surface area contributed by atoms with Gasteiger partial charge in [0.2, 0.25) is 0 Å². The molecule has 0 aliphatic rings. The Bertz CT molecular complexity index is 271. The molecule has 1 aromatic rings. The lowest BCUT2D eigenvalue weighted by Gasteiger charge is -2.05.